The van der Waals surface area contributed by atoms with E-state index in [1.165, 1.54) is 0 Å². The summed E-state index contributed by atoms with van der Waals surface area (Å²) in [5.74, 6) is 1.57. The molecule has 0 bridgehead atoms. The van der Waals surface area contributed by atoms with Crippen LogP contribution in [0.4, 0.5) is 0 Å². The SMILES string of the molecule is CC(O)CC(C)O.CC(O)CC(C)O.CC(O)CC(C)O.CC(O)CC(C)O.CC(O)CC(C)O.Cc1c(-c2[c-]cccc2)ncnc1-c1ccccc1.Cc1cc(-c2[c-]cccc2)nc(C)n1.Cc1nc(-c2[c-]cccc2)cc(-c2ccccc2)n1.Cc1ncnc(-c2[c-]cccc2)c1-c1ccccc1.Cc1ncnc(-c2[c-]cccc2)c1C.[Ir].[Ir].[Ir].[Ir].[Ir]. The number of hydrogen-bond acceptors (Lipinski definition) is 20. The van der Waals surface area contributed by atoms with E-state index in [-0.39, 0.29) is 162 Å². The first-order chi connectivity index (χ1) is 57.2. The standard InChI is InChI=1S/3C17H13N2.2C12H11N2.5C5H12O2.5Ir/c1-13-16(14-8-4-2-5-9-14)17(19-12-18-13)15-10-6-3-7-11-15;1-13-16(14-8-4-2-5-9-14)18-12-19-17(13)15-10-6-3-7-11-15;1-13-18-16(14-8-4-2-5-9-14)12-17(19-13)15-10-6-3-7-11-15;1-9-10(2)13-8-14-12(9)11-6-4-3-5-7-11;1-9-8-12(14-10(2)13-9)11-6-4-3-5-7-11;5*1-4(6)3-5(2)7;;;;;/h3*2-10,12H,1H3;2*3-6,8H,1-2H3;5*4-7H,3H2,1-2H3;;;;;/q5*-1;;;;;;;;;;. The number of aryl methyl sites for hydroxylation is 5. The van der Waals surface area contributed by atoms with Crippen LogP contribution in [-0.4, -0.2) is 162 Å². The first kappa shape index (κ1) is 119. The molecule has 25 heteroatoms. The number of hydrogen-bond donors (Lipinski definition) is 10. The molecule has 681 valence electrons. The van der Waals surface area contributed by atoms with Crippen LogP contribution in [-0.2, 0) is 101 Å². The monoisotopic (exact) mass is 2590 g/mol. The molecule has 8 aromatic carbocycles. The third-order valence-corrected chi connectivity index (χ3v) is 16.7. The van der Waals surface area contributed by atoms with Gasteiger partial charge < -0.3 is 51.1 Å². The van der Waals surface area contributed by atoms with E-state index in [1.54, 1.807) is 88.2 Å². The van der Waals surface area contributed by atoms with Crippen LogP contribution >= 0.6 is 0 Å². The third kappa shape index (κ3) is 49.8. The predicted octanol–water partition coefficient (Wildman–Crippen LogP) is 17.6. The van der Waals surface area contributed by atoms with Gasteiger partial charge in [0.05, 0.1) is 72.4 Å². The maximum Gasteiger partial charge on any atom is 0.116 e. The summed E-state index contributed by atoms with van der Waals surface area (Å²) in [6.07, 6.45) is 3.43. The maximum atomic E-state index is 8.56. The minimum atomic E-state index is -0.375. The number of aliphatic hydroxyl groups excluding tert-OH is 10. The summed E-state index contributed by atoms with van der Waals surface area (Å²) in [6.45, 7) is 30.5. The molecule has 13 rings (SSSR count). The van der Waals surface area contributed by atoms with Crippen LogP contribution < -0.4 is 0 Å². The van der Waals surface area contributed by atoms with Gasteiger partial charge in [-0.15, -0.1) is 179 Å². The number of aromatic nitrogens is 10. The molecule has 0 saturated carbocycles. The molecule has 5 radical (unpaired) electrons. The molecule has 0 amide bonds. The Labute approximate surface area is 808 Å². The molecule has 5 aromatic heterocycles. The molecular formula is C100H121Ir5N10O10-5. The van der Waals surface area contributed by atoms with Crippen molar-refractivity contribution in [1.29, 1.82) is 0 Å². The van der Waals surface area contributed by atoms with E-state index >= 15 is 0 Å². The van der Waals surface area contributed by atoms with Gasteiger partial charge in [-0.3, -0.25) is 24.9 Å². The fourth-order valence-corrected chi connectivity index (χ4v) is 11.6. The van der Waals surface area contributed by atoms with Gasteiger partial charge in [-0.25, -0.2) is 24.9 Å². The molecule has 0 aliphatic carbocycles. The van der Waals surface area contributed by atoms with E-state index < -0.39 is 0 Å². The molecular weight excluding hydrogens is 2460 g/mol. The van der Waals surface area contributed by atoms with Crippen LogP contribution in [0.1, 0.15) is 141 Å². The average Bonchev–Trinajstić information content (AvgIpc) is 0.810. The molecule has 10 atom stereocenters. The molecule has 0 fully saturated rings. The Kier molecular flexibility index (Phi) is 64.1. The molecule has 10 unspecified atom stereocenters. The van der Waals surface area contributed by atoms with Crippen molar-refractivity contribution in [1.82, 2.24) is 49.8 Å². The van der Waals surface area contributed by atoms with Gasteiger partial charge in [-0.2, -0.15) is 0 Å². The van der Waals surface area contributed by atoms with E-state index in [1.807, 2.05) is 230 Å². The van der Waals surface area contributed by atoms with Crippen molar-refractivity contribution in [3.63, 3.8) is 0 Å². The zero-order valence-electron chi connectivity index (χ0n) is 74.0. The number of aliphatic hydroxyl groups is 10. The summed E-state index contributed by atoms with van der Waals surface area (Å²) in [4.78, 5) is 43.6. The Hall–Kier alpha value is -7.99. The Morgan fingerprint density at radius 1 is 0.248 bits per heavy atom. The van der Waals surface area contributed by atoms with Crippen molar-refractivity contribution < 1.29 is 152 Å². The predicted molar refractivity (Wildman–Crippen MR) is 481 cm³/mol. The Morgan fingerprint density at radius 2 is 0.512 bits per heavy atom. The van der Waals surface area contributed by atoms with Crippen LogP contribution in [0.25, 0.3) is 89.9 Å². The summed E-state index contributed by atoms with van der Waals surface area (Å²) in [7, 11) is 0. The van der Waals surface area contributed by atoms with Gasteiger partial charge in [0.1, 0.15) is 30.6 Å². The third-order valence-electron chi connectivity index (χ3n) is 16.7. The average molecular weight is 2580 g/mol. The summed E-state index contributed by atoms with van der Waals surface area (Å²) in [5.41, 5.74) is 21.2. The van der Waals surface area contributed by atoms with E-state index in [4.69, 9.17) is 51.1 Å². The zero-order valence-corrected chi connectivity index (χ0v) is 86.0. The van der Waals surface area contributed by atoms with Crippen LogP contribution in [0, 0.1) is 78.8 Å². The second kappa shape index (κ2) is 67.3. The van der Waals surface area contributed by atoms with Gasteiger partial charge in [0.25, 0.3) is 0 Å². The van der Waals surface area contributed by atoms with Gasteiger partial charge >= 0.3 is 0 Å². The first-order valence-corrected chi connectivity index (χ1v) is 40.1. The Bertz CT molecular complexity index is 4650. The van der Waals surface area contributed by atoms with Gasteiger partial charge in [0, 0.05) is 118 Å². The van der Waals surface area contributed by atoms with E-state index in [9.17, 15) is 0 Å². The summed E-state index contributed by atoms with van der Waals surface area (Å²) < 4.78 is 0. The van der Waals surface area contributed by atoms with Crippen molar-refractivity contribution >= 4 is 0 Å². The van der Waals surface area contributed by atoms with Crippen LogP contribution in [0.15, 0.2) is 243 Å². The summed E-state index contributed by atoms with van der Waals surface area (Å²) in [6, 6.07) is 89.8. The van der Waals surface area contributed by atoms with Crippen molar-refractivity contribution in [3.8, 4) is 89.9 Å². The van der Waals surface area contributed by atoms with E-state index in [0.29, 0.717) is 32.1 Å². The van der Waals surface area contributed by atoms with Crippen molar-refractivity contribution in [2.45, 2.75) is 211 Å². The normalized spacial score (nSPS) is 12.3. The van der Waals surface area contributed by atoms with Crippen molar-refractivity contribution in [3.05, 3.63) is 314 Å². The van der Waals surface area contributed by atoms with Crippen molar-refractivity contribution in [2.75, 3.05) is 0 Å². The largest absolute Gasteiger partial charge is 0.393 e. The fourth-order valence-electron chi connectivity index (χ4n) is 11.6. The molecule has 0 spiro atoms. The fraction of sp³-hybridized carbons (Fsp3) is 0.320. The summed E-state index contributed by atoms with van der Waals surface area (Å²) in [5, 5.41) is 85.6. The molecule has 5 heterocycles. The minimum Gasteiger partial charge on any atom is -0.393 e. The van der Waals surface area contributed by atoms with Gasteiger partial charge in [0.15, 0.2) is 0 Å². The van der Waals surface area contributed by atoms with Gasteiger partial charge in [0.2, 0.25) is 0 Å². The van der Waals surface area contributed by atoms with Gasteiger partial charge in [-0.1, -0.05) is 103 Å². The quantitative estimate of drug-likeness (QED) is 0.0357. The second-order valence-corrected chi connectivity index (χ2v) is 29.1. The minimum absolute atomic E-state index is 0. The van der Waals surface area contributed by atoms with Crippen molar-refractivity contribution in [2.24, 2.45) is 0 Å². The van der Waals surface area contributed by atoms with Gasteiger partial charge in [-0.05, 0) is 212 Å². The maximum absolute atomic E-state index is 8.56. The molecule has 125 heavy (non-hydrogen) atoms. The molecule has 0 saturated heterocycles. The topological polar surface area (TPSA) is 331 Å². The number of nitrogens with zero attached hydrogens (tertiary/aromatic N) is 10. The van der Waals surface area contributed by atoms with Crippen LogP contribution in [0.2, 0.25) is 0 Å². The van der Waals surface area contributed by atoms with Crippen LogP contribution in [0.3, 0.4) is 0 Å². The van der Waals surface area contributed by atoms with E-state index in [2.05, 4.69) is 123 Å². The first-order valence-electron chi connectivity index (χ1n) is 40.1. The number of rotatable bonds is 18. The smallest absolute Gasteiger partial charge is 0.116 e. The summed E-state index contributed by atoms with van der Waals surface area (Å²) >= 11 is 0. The Balaban J connectivity index is 0. The molecule has 20 nitrogen and oxygen atoms in total. The Morgan fingerprint density at radius 3 is 0.840 bits per heavy atom. The van der Waals surface area contributed by atoms with E-state index in [0.717, 1.165) is 130 Å². The number of benzene rings is 8. The molecule has 0 aliphatic rings. The van der Waals surface area contributed by atoms with Crippen LogP contribution in [0.5, 0.6) is 0 Å². The molecule has 10 N–H and O–H groups in total. The zero-order chi connectivity index (χ0) is 88.5. The molecule has 0 aliphatic heterocycles. The second-order valence-electron chi connectivity index (χ2n) is 29.1. The molecule has 13 aromatic rings.